The second-order valence-electron chi connectivity index (χ2n) is 0.940. The molecule has 0 saturated heterocycles. The van der Waals surface area contributed by atoms with Crippen molar-refractivity contribution in [2.45, 2.75) is 0 Å². The van der Waals surface area contributed by atoms with Gasteiger partial charge in [-0.15, -0.1) is 16.5 Å². The van der Waals surface area contributed by atoms with Crippen LogP contribution in [0.15, 0.2) is 16.8 Å². The number of hydrogen-bond donors (Lipinski definition) is 0. The molecule has 7 heavy (non-hydrogen) atoms. The maximum Gasteiger partial charge on any atom is 0.160 e. The summed E-state index contributed by atoms with van der Waals surface area (Å²) in [6.45, 7) is 0. The van der Waals surface area contributed by atoms with Crippen molar-refractivity contribution in [3.63, 3.8) is 0 Å². The van der Waals surface area contributed by atoms with Gasteiger partial charge in [-0.25, -0.2) is 0 Å². The molecule has 3 nitrogen and oxygen atoms in total. The van der Waals surface area contributed by atoms with Crippen LogP contribution in [0.25, 0.3) is 0 Å². The lowest BCUT2D eigenvalue weighted by atomic mass is 10.9. The Hall–Kier alpha value is -0.770. The zero-order valence-electron chi connectivity index (χ0n) is 3.40. The molecule has 0 fully saturated rings. The predicted octanol–water partition coefficient (Wildman–Crippen LogP) is 1.03. The number of rotatable bonds is 1. The van der Waals surface area contributed by atoms with Crippen molar-refractivity contribution in [3.8, 4) is 0 Å². The first-order chi connectivity index (χ1) is 3.43. The van der Waals surface area contributed by atoms with Crippen LogP contribution in [0.2, 0.25) is 0 Å². The van der Waals surface area contributed by atoms with Crippen LogP contribution < -0.4 is 5.53 Å². The molecule has 0 aromatic carbocycles. The molecule has 0 saturated carbocycles. The minimum atomic E-state index is 0.542. The van der Waals surface area contributed by atoms with Gasteiger partial charge in [0.1, 0.15) is 0 Å². The van der Waals surface area contributed by atoms with Gasteiger partial charge in [0.05, 0.1) is 11.7 Å². The Labute approximate surface area is 44.5 Å². The maximum atomic E-state index is 8.02. The van der Waals surface area contributed by atoms with Crippen LogP contribution in [0, 0.1) is 0 Å². The first-order valence-electron chi connectivity index (χ1n) is 1.67. The van der Waals surface area contributed by atoms with E-state index in [1.54, 1.807) is 5.51 Å². The molecule has 1 rings (SSSR count). The fourth-order valence-electron chi connectivity index (χ4n) is 0.258. The minimum Gasteiger partial charge on any atom is -0.251 e. The zero-order valence-corrected chi connectivity index (χ0v) is 4.22. The lowest BCUT2D eigenvalue weighted by Gasteiger charge is -1.65. The molecule has 0 unspecified atom stereocenters. The summed E-state index contributed by atoms with van der Waals surface area (Å²) in [4.78, 5) is 3.66. The topological polar surface area (TPSA) is 47.5 Å². The van der Waals surface area contributed by atoms with Gasteiger partial charge in [0.25, 0.3) is 0 Å². The number of thiazole rings is 1. The van der Waals surface area contributed by atoms with E-state index < -0.39 is 0 Å². The molecule has 1 aromatic rings. The lowest BCUT2D eigenvalue weighted by molar-refractivity contribution is 1.31. The molecule has 1 radical (unpaired) electrons. The predicted molar refractivity (Wildman–Crippen MR) is 26.3 cm³/mol. The summed E-state index contributed by atoms with van der Waals surface area (Å²) in [5.41, 5.74) is 9.63. The molecule has 0 spiro atoms. The minimum absolute atomic E-state index is 0.542. The Kier molecular flexibility index (Phi) is 1.12. The molecule has 0 amide bonds. The van der Waals surface area contributed by atoms with Gasteiger partial charge in [-0.2, -0.15) is 0 Å². The molecule has 4 heteroatoms. The molecule has 0 N–H and O–H groups in total. The van der Waals surface area contributed by atoms with Crippen molar-refractivity contribution >= 4 is 16.3 Å². The zero-order chi connectivity index (χ0) is 5.11. The number of nitrogens with zero attached hydrogens (tertiary/aromatic N) is 3. The summed E-state index contributed by atoms with van der Waals surface area (Å²) in [6, 6.07) is 0. The molecule has 1 heterocycles. The lowest BCUT2D eigenvalue weighted by Crippen LogP contribution is -1.46. The third-order valence-electron chi connectivity index (χ3n) is 0.518. The van der Waals surface area contributed by atoms with E-state index in [1.165, 1.54) is 17.5 Å². The Morgan fingerprint density at radius 3 is 3.00 bits per heavy atom. The standard InChI is InChI=1S/C3H2N3S/c4-6-3-1-5-2-7-3/h1-2H. The summed E-state index contributed by atoms with van der Waals surface area (Å²) in [5, 5.41) is 3.43. The summed E-state index contributed by atoms with van der Waals surface area (Å²) in [5.74, 6) is 0. The quantitative estimate of drug-likeness (QED) is 0.500. The molecule has 0 aliphatic rings. The van der Waals surface area contributed by atoms with Crippen molar-refractivity contribution in [1.29, 1.82) is 0 Å². The van der Waals surface area contributed by atoms with E-state index in [-0.39, 0.29) is 0 Å². The van der Waals surface area contributed by atoms with E-state index in [2.05, 4.69) is 10.1 Å². The first kappa shape index (κ1) is 4.39. The molecule has 0 bridgehead atoms. The van der Waals surface area contributed by atoms with Crippen LogP contribution in [0.5, 0.6) is 0 Å². The molecule has 0 aliphatic heterocycles. The van der Waals surface area contributed by atoms with E-state index in [4.69, 9.17) is 5.53 Å². The maximum absolute atomic E-state index is 8.02. The van der Waals surface area contributed by atoms with Gasteiger partial charge in [0.15, 0.2) is 5.00 Å². The van der Waals surface area contributed by atoms with Gasteiger partial charge in [0, 0.05) is 0 Å². The van der Waals surface area contributed by atoms with Crippen LogP contribution in [0.4, 0.5) is 5.00 Å². The van der Waals surface area contributed by atoms with Crippen molar-refractivity contribution in [3.05, 3.63) is 11.7 Å². The first-order valence-corrected chi connectivity index (χ1v) is 2.55. The van der Waals surface area contributed by atoms with Crippen LogP contribution in [0.3, 0.4) is 0 Å². The average molecular weight is 112 g/mol. The molecule has 35 valence electrons. The molecule has 0 atom stereocenters. The number of hydrogen-bond acceptors (Lipinski definition) is 3. The van der Waals surface area contributed by atoms with Crippen molar-refractivity contribution in [2.24, 2.45) is 5.11 Å². The summed E-state index contributed by atoms with van der Waals surface area (Å²) >= 11 is 1.30. The highest BCUT2D eigenvalue weighted by molar-refractivity contribution is 7.13. The van der Waals surface area contributed by atoms with Crippen LogP contribution in [0.1, 0.15) is 0 Å². The van der Waals surface area contributed by atoms with Crippen molar-refractivity contribution in [2.75, 3.05) is 0 Å². The molecule has 1 aromatic heterocycles. The fraction of sp³-hybridized carbons (Fsp3) is 0. The average Bonchev–Trinajstić information content (AvgIpc) is 2.14. The highest BCUT2D eigenvalue weighted by Gasteiger charge is 1.84. The van der Waals surface area contributed by atoms with Gasteiger partial charge in [0.2, 0.25) is 0 Å². The smallest absolute Gasteiger partial charge is 0.160 e. The second kappa shape index (κ2) is 1.79. The van der Waals surface area contributed by atoms with E-state index in [9.17, 15) is 0 Å². The van der Waals surface area contributed by atoms with Crippen LogP contribution in [-0.2, 0) is 0 Å². The Balaban J connectivity index is 2.96. The largest absolute Gasteiger partial charge is 0.251 e. The highest BCUT2D eigenvalue weighted by atomic mass is 32.1. The number of aromatic nitrogens is 1. The van der Waals surface area contributed by atoms with Crippen LogP contribution in [-0.4, -0.2) is 4.98 Å². The van der Waals surface area contributed by atoms with Crippen LogP contribution >= 0.6 is 11.3 Å². The summed E-state index contributed by atoms with van der Waals surface area (Å²) < 4.78 is 0. The van der Waals surface area contributed by atoms with Gasteiger partial charge in [-0.3, -0.25) is 4.98 Å². The van der Waals surface area contributed by atoms with Gasteiger partial charge < -0.3 is 0 Å². The van der Waals surface area contributed by atoms with E-state index in [1.807, 2.05) is 0 Å². The Morgan fingerprint density at radius 2 is 2.71 bits per heavy atom. The summed E-state index contributed by atoms with van der Waals surface area (Å²) in [6.07, 6.45) is 1.49. The monoisotopic (exact) mass is 112 g/mol. The second-order valence-corrected chi connectivity index (χ2v) is 1.80. The Morgan fingerprint density at radius 1 is 1.86 bits per heavy atom. The third kappa shape index (κ3) is 0.806. The van der Waals surface area contributed by atoms with Crippen molar-refractivity contribution < 1.29 is 0 Å². The van der Waals surface area contributed by atoms with E-state index >= 15 is 0 Å². The fourth-order valence-corrected chi connectivity index (χ4v) is 0.657. The van der Waals surface area contributed by atoms with E-state index in [0.29, 0.717) is 5.00 Å². The van der Waals surface area contributed by atoms with Gasteiger partial charge >= 0.3 is 0 Å². The highest BCUT2D eigenvalue weighted by Crippen LogP contribution is 2.14. The molecular weight excluding hydrogens is 110 g/mol. The Bertz CT molecular complexity index is 145. The SMILES string of the molecule is [N]=Nc1cncs1. The summed E-state index contributed by atoms with van der Waals surface area (Å²) in [7, 11) is 0. The van der Waals surface area contributed by atoms with Gasteiger partial charge in [-0.1, -0.05) is 0 Å². The normalized spacial score (nSPS) is 8.57. The molecular formula is C3H2N3S. The van der Waals surface area contributed by atoms with Crippen molar-refractivity contribution in [1.82, 2.24) is 10.5 Å². The third-order valence-corrected chi connectivity index (χ3v) is 1.17. The molecule has 0 aliphatic carbocycles. The van der Waals surface area contributed by atoms with Gasteiger partial charge in [-0.05, 0) is 5.53 Å². The van der Waals surface area contributed by atoms with E-state index in [0.717, 1.165) is 0 Å².